The second-order valence-corrected chi connectivity index (χ2v) is 7.43. The molecule has 1 fully saturated rings. The summed E-state index contributed by atoms with van der Waals surface area (Å²) < 4.78 is 26.8. The Morgan fingerprint density at radius 1 is 1.10 bits per heavy atom. The summed E-state index contributed by atoms with van der Waals surface area (Å²) >= 11 is 5.91. The van der Waals surface area contributed by atoms with E-state index >= 15 is 0 Å². The van der Waals surface area contributed by atoms with E-state index in [1.165, 1.54) is 24.6 Å². The number of sulfonamides is 1. The lowest BCUT2D eigenvalue weighted by molar-refractivity contribution is 0.281. The molecular formula is C14H20ClNO3S. The van der Waals surface area contributed by atoms with Gasteiger partial charge in [0.2, 0.25) is 10.0 Å². The highest BCUT2D eigenvalue weighted by atomic mass is 35.5. The fourth-order valence-electron chi connectivity index (χ4n) is 2.44. The number of benzene rings is 1. The molecule has 0 spiro atoms. The molecule has 0 amide bonds. The van der Waals surface area contributed by atoms with Crippen LogP contribution in [0.1, 0.15) is 37.7 Å². The van der Waals surface area contributed by atoms with Gasteiger partial charge in [0.1, 0.15) is 0 Å². The van der Waals surface area contributed by atoms with Gasteiger partial charge in [-0.25, -0.2) is 8.42 Å². The van der Waals surface area contributed by atoms with Gasteiger partial charge in [0, 0.05) is 18.1 Å². The van der Waals surface area contributed by atoms with Crippen LogP contribution in [0.15, 0.2) is 23.1 Å². The van der Waals surface area contributed by atoms with Crippen LogP contribution in [-0.4, -0.2) is 30.9 Å². The first-order valence-electron chi connectivity index (χ1n) is 6.95. The number of halogens is 1. The van der Waals surface area contributed by atoms with E-state index in [0.29, 0.717) is 23.7 Å². The van der Waals surface area contributed by atoms with Crippen LogP contribution in [0.5, 0.6) is 0 Å². The van der Waals surface area contributed by atoms with Crippen molar-refractivity contribution < 1.29 is 13.5 Å². The molecule has 4 nitrogen and oxygen atoms in total. The van der Waals surface area contributed by atoms with Gasteiger partial charge in [-0.1, -0.05) is 30.9 Å². The van der Waals surface area contributed by atoms with E-state index in [4.69, 9.17) is 11.6 Å². The van der Waals surface area contributed by atoms with Gasteiger partial charge in [-0.3, -0.25) is 0 Å². The van der Waals surface area contributed by atoms with Crippen LogP contribution >= 0.6 is 11.6 Å². The Hall–Kier alpha value is -0.620. The molecule has 0 atom stereocenters. The Balaban J connectivity index is 2.28. The molecule has 0 saturated carbocycles. The van der Waals surface area contributed by atoms with E-state index < -0.39 is 10.0 Å². The van der Waals surface area contributed by atoms with Gasteiger partial charge in [0.05, 0.1) is 11.5 Å². The normalized spacial score (nSPS) is 18.5. The van der Waals surface area contributed by atoms with Crippen molar-refractivity contribution in [2.45, 2.75) is 43.6 Å². The van der Waals surface area contributed by atoms with Gasteiger partial charge in [0.25, 0.3) is 0 Å². The van der Waals surface area contributed by atoms with Crippen molar-refractivity contribution in [3.8, 4) is 0 Å². The van der Waals surface area contributed by atoms with Crippen LogP contribution in [0, 0.1) is 0 Å². The summed E-state index contributed by atoms with van der Waals surface area (Å²) in [6.45, 7) is 0.876. The largest absolute Gasteiger partial charge is 0.392 e. The standard InChI is InChI=1S/C14H20ClNO3S/c15-14-7-6-13(10-12(14)11-17)20(18,19)16-8-4-2-1-3-5-9-16/h6-7,10,17H,1-5,8-9,11H2. The molecule has 1 aliphatic heterocycles. The second-order valence-electron chi connectivity index (χ2n) is 5.08. The van der Waals surface area contributed by atoms with Gasteiger partial charge < -0.3 is 5.11 Å². The molecule has 2 rings (SSSR count). The average Bonchev–Trinajstić information content (AvgIpc) is 2.38. The van der Waals surface area contributed by atoms with Crippen LogP contribution in [-0.2, 0) is 16.6 Å². The summed E-state index contributed by atoms with van der Waals surface area (Å²) in [5.41, 5.74) is 0.444. The SMILES string of the molecule is O=S(=O)(c1ccc(Cl)c(CO)c1)N1CCCCCCC1. The zero-order valence-electron chi connectivity index (χ0n) is 11.4. The minimum Gasteiger partial charge on any atom is -0.392 e. The Bertz CT molecular complexity index is 552. The summed E-state index contributed by atoms with van der Waals surface area (Å²) in [5.74, 6) is 0. The number of hydrogen-bond acceptors (Lipinski definition) is 3. The quantitative estimate of drug-likeness (QED) is 0.932. The highest BCUT2D eigenvalue weighted by molar-refractivity contribution is 7.89. The molecule has 0 bridgehead atoms. The molecule has 20 heavy (non-hydrogen) atoms. The Kier molecular flexibility index (Phi) is 5.43. The topological polar surface area (TPSA) is 57.6 Å². The number of aliphatic hydroxyl groups excluding tert-OH is 1. The first-order chi connectivity index (χ1) is 9.55. The number of nitrogens with zero attached hydrogens (tertiary/aromatic N) is 1. The van der Waals surface area contributed by atoms with Crippen molar-refractivity contribution in [1.82, 2.24) is 4.31 Å². The van der Waals surface area contributed by atoms with Gasteiger partial charge in [-0.2, -0.15) is 4.31 Å². The molecule has 1 aromatic rings. The highest BCUT2D eigenvalue weighted by Crippen LogP contribution is 2.24. The van der Waals surface area contributed by atoms with Gasteiger partial charge >= 0.3 is 0 Å². The van der Waals surface area contributed by atoms with E-state index in [9.17, 15) is 13.5 Å². The summed E-state index contributed by atoms with van der Waals surface area (Å²) in [4.78, 5) is 0.214. The molecule has 0 unspecified atom stereocenters. The van der Waals surface area contributed by atoms with Crippen LogP contribution in [0.4, 0.5) is 0 Å². The van der Waals surface area contributed by atoms with Crippen molar-refractivity contribution in [1.29, 1.82) is 0 Å². The molecule has 1 aliphatic rings. The van der Waals surface area contributed by atoms with E-state index in [2.05, 4.69) is 0 Å². The average molecular weight is 318 g/mol. The lowest BCUT2D eigenvalue weighted by Gasteiger charge is -2.24. The Labute approximate surface area is 125 Å². The number of hydrogen-bond donors (Lipinski definition) is 1. The lowest BCUT2D eigenvalue weighted by Crippen LogP contribution is -2.33. The zero-order valence-corrected chi connectivity index (χ0v) is 13.0. The van der Waals surface area contributed by atoms with Gasteiger partial charge in [-0.15, -0.1) is 0 Å². The minimum atomic E-state index is -3.49. The van der Waals surface area contributed by atoms with Crippen LogP contribution < -0.4 is 0 Å². The molecule has 1 heterocycles. The van der Waals surface area contributed by atoms with E-state index in [1.807, 2.05) is 0 Å². The maximum atomic E-state index is 12.6. The summed E-state index contributed by atoms with van der Waals surface area (Å²) in [6, 6.07) is 4.51. The third-order valence-electron chi connectivity index (χ3n) is 3.64. The molecule has 1 aromatic carbocycles. The van der Waals surface area contributed by atoms with Crippen LogP contribution in [0.2, 0.25) is 5.02 Å². The monoisotopic (exact) mass is 317 g/mol. The van der Waals surface area contributed by atoms with E-state index in [0.717, 1.165) is 25.7 Å². The smallest absolute Gasteiger partial charge is 0.243 e. The second kappa shape index (κ2) is 6.89. The predicted molar refractivity (Wildman–Crippen MR) is 79.2 cm³/mol. The van der Waals surface area contributed by atoms with Gasteiger partial charge in [0.15, 0.2) is 0 Å². The first kappa shape index (κ1) is 15.8. The first-order valence-corrected chi connectivity index (χ1v) is 8.77. The van der Waals surface area contributed by atoms with Crippen molar-refractivity contribution in [3.05, 3.63) is 28.8 Å². The molecule has 0 radical (unpaired) electrons. The van der Waals surface area contributed by atoms with Crippen molar-refractivity contribution in [2.75, 3.05) is 13.1 Å². The Morgan fingerprint density at radius 2 is 1.70 bits per heavy atom. The van der Waals surface area contributed by atoms with Crippen molar-refractivity contribution in [3.63, 3.8) is 0 Å². The molecule has 1 saturated heterocycles. The fourth-order valence-corrected chi connectivity index (χ4v) is 4.19. The van der Waals surface area contributed by atoms with Crippen molar-refractivity contribution in [2.24, 2.45) is 0 Å². The fraction of sp³-hybridized carbons (Fsp3) is 0.571. The maximum absolute atomic E-state index is 12.6. The third kappa shape index (κ3) is 3.52. The van der Waals surface area contributed by atoms with E-state index in [-0.39, 0.29) is 11.5 Å². The summed E-state index contributed by atoms with van der Waals surface area (Å²) in [6.07, 6.45) is 5.14. The molecule has 1 N–H and O–H groups in total. The Morgan fingerprint density at radius 3 is 2.30 bits per heavy atom. The van der Waals surface area contributed by atoms with Crippen LogP contribution in [0.25, 0.3) is 0 Å². The maximum Gasteiger partial charge on any atom is 0.243 e. The molecular weight excluding hydrogens is 298 g/mol. The molecule has 112 valence electrons. The molecule has 0 aromatic heterocycles. The molecule has 0 aliphatic carbocycles. The minimum absolute atomic E-state index is 0.214. The van der Waals surface area contributed by atoms with Crippen molar-refractivity contribution >= 4 is 21.6 Å². The number of rotatable bonds is 3. The molecule has 6 heteroatoms. The van der Waals surface area contributed by atoms with Gasteiger partial charge in [-0.05, 0) is 36.6 Å². The zero-order chi connectivity index (χ0) is 14.6. The third-order valence-corrected chi connectivity index (χ3v) is 5.90. The summed E-state index contributed by atoms with van der Waals surface area (Å²) in [7, 11) is -3.49. The predicted octanol–water partition coefficient (Wildman–Crippen LogP) is 2.79. The van der Waals surface area contributed by atoms with Crippen LogP contribution in [0.3, 0.4) is 0 Å². The number of aliphatic hydroxyl groups is 1. The summed E-state index contributed by atoms with van der Waals surface area (Å²) in [5, 5.41) is 9.60. The van der Waals surface area contributed by atoms with E-state index in [1.54, 1.807) is 4.31 Å². The lowest BCUT2D eigenvalue weighted by atomic mass is 10.1. The highest BCUT2D eigenvalue weighted by Gasteiger charge is 2.25.